The summed E-state index contributed by atoms with van der Waals surface area (Å²) in [6.07, 6.45) is 0.859. The van der Waals surface area contributed by atoms with E-state index in [0.29, 0.717) is 17.4 Å². The third-order valence-electron chi connectivity index (χ3n) is 4.33. The first-order valence-corrected chi connectivity index (χ1v) is 9.37. The van der Waals surface area contributed by atoms with Crippen molar-refractivity contribution in [1.29, 1.82) is 0 Å². The molecular formula is C20H21NO4S. The molecule has 1 N–H and O–H groups in total. The summed E-state index contributed by atoms with van der Waals surface area (Å²) in [6.45, 7) is 4.05. The Bertz CT molecular complexity index is 836. The number of aromatic hydroxyl groups is 1. The molecule has 5 nitrogen and oxygen atoms in total. The molecule has 136 valence electrons. The molecule has 0 spiro atoms. The van der Waals surface area contributed by atoms with E-state index in [0.717, 1.165) is 17.0 Å². The molecule has 6 heteroatoms. The number of nitrogens with zero attached hydrogens (tertiary/aromatic N) is 1. The van der Waals surface area contributed by atoms with Crippen LogP contribution in [0.5, 0.6) is 5.75 Å². The van der Waals surface area contributed by atoms with Gasteiger partial charge in [-0.25, -0.2) is 4.79 Å². The number of ether oxygens (including phenoxy) is 1. The summed E-state index contributed by atoms with van der Waals surface area (Å²) in [6, 6.07) is 12.6. The van der Waals surface area contributed by atoms with E-state index in [4.69, 9.17) is 4.74 Å². The Morgan fingerprint density at radius 1 is 1.23 bits per heavy atom. The van der Waals surface area contributed by atoms with Crippen molar-refractivity contribution in [3.8, 4) is 5.75 Å². The molecule has 0 aliphatic carbocycles. The number of para-hydroxylation sites is 2. The Hall–Kier alpha value is -2.47. The van der Waals surface area contributed by atoms with Crippen molar-refractivity contribution in [3.63, 3.8) is 0 Å². The minimum atomic E-state index is -0.703. The van der Waals surface area contributed by atoms with E-state index in [1.54, 1.807) is 35.7 Å². The smallest absolute Gasteiger partial charge is 0.342 e. The number of thioether (sulfide) groups is 1. The van der Waals surface area contributed by atoms with Crippen LogP contribution in [0.1, 0.15) is 29.3 Å². The summed E-state index contributed by atoms with van der Waals surface area (Å²) in [5.41, 5.74) is 1.50. The average molecular weight is 371 g/mol. The summed E-state index contributed by atoms with van der Waals surface area (Å²) in [5, 5.41) is 10.4. The number of anilines is 1. The van der Waals surface area contributed by atoms with Gasteiger partial charge >= 0.3 is 5.97 Å². The van der Waals surface area contributed by atoms with Crippen molar-refractivity contribution in [2.45, 2.75) is 30.4 Å². The van der Waals surface area contributed by atoms with Gasteiger partial charge < -0.3 is 14.7 Å². The van der Waals surface area contributed by atoms with Crippen LogP contribution in [0.25, 0.3) is 0 Å². The molecule has 0 fully saturated rings. The quantitative estimate of drug-likeness (QED) is 0.832. The van der Waals surface area contributed by atoms with Gasteiger partial charge in [-0.15, -0.1) is 11.8 Å². The zero-order valence-corrected chi connectivity index (χ0v) is 15.6. The van der Waals surface area contributed by atoms with Crippen molar-refractivity contribution in [2.24, 2.45) is 0 Å². The second-order valence-electron chi connectivity index (χ2n) is 6.28. The van der Waals surface area contributed by atoms with Gasteiger partial charge in [-0.1, -0.05) is 31.2 Å². The molecule has 2 aromatic carbocycles. The Morgan fingerprint density at radius 3 is 2.81 bits per heavy atom. The fourth-order valence-corrected chi connectivity index (χ4v) is 3.97. The maximum absolute atomic E-state index is 12.7. The monoisotopic (exact) mass is 371 g/mol. The fourth-order valence-electron chi connectivity index (χ4n) is 2.85. The number of phenolic OH excluding ortho intramolecular Hbond substituents is 1. The van der Waals surface area contributed by atoms with E-state index >= 15 is 0 Å². The van der Waals surface area contributed by atoms with Gasteiger partial charge in [0.25, 0.3) is 5.91 Å². The Morgan fingerprint density at radius 2 is 2.00 bits per heavy atom. The summed E-state index contributed by atoms with van der Waals surface area (Å²) in [4.78, 5) is 27.6. The number of benzene rings is 2. The van der Waals surface area contributed by atoms with Crippen LogP contribution in [0.2, 0.25) is 0 Å². The molecule has 0 bridgehead atoms. The van der Waals surface area contributed by atoms with Gasteiger partial charge in [0.2, 0.25) is 0 Å². The number of esters is 1. The molecule has 0 aromatic heterocycles. The number of carbonyl (C=O) groups excluding carboxylic acids is 2. The van der Waals surface area contributed by atoms with Crippen molar-refractivity contribution in [2.75, 3.05) is 18.1 Å². The first kappa shape index (κ1) is 18.3. The molecule has 0 saturated carbocycles. The summed E-state index contributed by atoms with van der Waals surface area (Å²) >= 11 is 1.74. The number of carbonyl (C=O) groups is 2. The van der Waals surface area contributed by atoms with E-state index in [1.807, 2.05) is 24.3 Å². The zero-order chi connectivity index (χ0) is 18.7. The second-order valence-corrected chi connectivity index (χ2v) is 7.76. The molecule has 1 atom stereocenters. The van der Waals surface area contributed by atoms with Crippen LogP contribution in [-0.4, -0.2) is 35.4 Å². The highest BCUT2D eigenvalue weighted by atomic mass is 32.2. The second kappa shape index (κ2) is 7.83. The van der Waals surface area contributed by atoms with Crippen LogP contribution in [0.15, 0.2) is 47.4 Å². The number of hydrogen-bond donors (Lipinski definition) is 1. The predicted molar refractivity (Wildman–Crippen MR) is 102 cm³/mol. The predicted octanol–water partition coefficient (Wildman–Crippen LogP) is 3.77. The van der Waals surface area contributed by atoms with Crippen molar-refractivity contribution in [1.82, 2.24) is 0 Å². The summed E-state index contributed by atoms with van der Waals surface area (Å²) in [7, 11) is 0. The number of aryl methyl sites for hydroxylation is 1. The van der Waals surface area contributed by atoms with Gasteiger partial charge in [0.05, 0.1) is 5.69 Å². The molecule has 2 aromatic rings. The van der Waals surface area contributed by atoms with E-state index in [-0.39, 0.29) is 23.8 Å². The molecular weight excluding hydrogens is 350 g/mol. The number of hydrogen-bond acceptors (Lipinski definition) is 5. The number of rotatable bonds is 3. The van der Waals surface area contributed by atoms with Crippen LogP contribution in [-0.2, 0) is 9.53 Å². The van der Waals surface area contributed by atoms with Gasteiger partial charge in [0.15, 0.2) is 6.61 Å². The molecule has 1 aliphatic rings. The Balaban J connectivity index is 1.72. The van der Waals surface area contributed by atoms with E-state index in [1.165, 1.54) is 6.07 Å². The maximum Gasteiger partial charge on any atom is 0.342 e. The third-order valence-corrected chi connectivity index (χ3v) is 5.57. The van der Waals surface area contributed by atoms with E-state index < -0.39 is 5.97 Å². The van der Waals surface area contributed by atoms with Crippen molar-refractivity contribution in [3.05, 3.63) is 53.6 Å². The lowest BCUT2D eigenvalue weighted by Gasteiger charge is -2.22. The number of amides is 1. The van der Waals surface area contributed by atoms with Gasteiger partial charge in [0.1, 0.15) is 11.3 Å². The summed E-state index contributed by atoms with van der Waals surface area (Å²) < 4.78 is 5.16. The third kappa shape index (κ3) is 3.85. The average Bonchev–Trinajstić information content (AvgIpc) is 2.80. The minimum Gasteiger partial charge on any atom is -0.507 e. The lowest BCUT2D eigenvalue weighted by Crippen LogP contribution is -2.35. The highest BCUT2D eigenvalue weighted by molar-refractivity contribution is 8.00. The number of phenols is 1. The van der Waals surface area contributed by atoms with Crippen molar-refractivity contribution < 1.29 is 19.4 Å². The molecule has 0 unspecified atom stereocenters. The molecule has 26 heavy (non-hydrogen) atoms. The van der Waals surface area contributed by atoms with Crippen LogP contribution in [0, 0.1) is 6.92 Å². The van der Waals surface area contributed by atoms with Gasteiger partial charge in [-0.05, 0) is 37.1 Å². The largest absolute Gasteiger partial charge is 0.507 e. The first-order chi connectivity index (χ1) is 12.5. The molecule has 3 rings (SSSR count). The van der Waals surface area contributed by atoms with Crippen molar-refractivity contribution >= 4 is 29.3 Å². The molecule has 1 aliphatic heterocycles. The van der Waals surface area contributed by atoms with Crippen LogP contribution in [0.3, 0.4) is 0 Å². The van der Waals surface area contributed by atoms with Crippen LogP contribution < -0.4 is 4.90 Å². The maximum atomic E-state index is 12.7. The van der Waals surface area contributed by atoms with Gasteiger partial charge in [-0.3, -0.25) is 4.79 Å². The summed E-state index contributed by atoms with van der Waals surface area (Å²) in [5.74, 6) is -1.09. The zero-order valence-electron chi connectivity index (χ0n) is 14.8. The molecule has 1 heterocycles. The Labute approximate surface area is 157 Å². The van der Waals surface area contributed by atoms with Crippen LogP contribution >= 0.6 is 11.8 Å². The first-order valence-electron chi connectivity index (χ1n) is 8.49. The fraction of sp³-hybridized carbons (Fsp3) is 0.300. The standard InChI is InChI=1S/C20H21NO4S/c1-13-6-5-7-15(19(13)23)20(24)25-12-18(22)21-11-10-14(2)26-17-9-4-3-8-16(17)21/h3-9,14,23H,10-12H2,1-2H3/t14-/m1/s1. The lowest BCUT2D eigenvalue weighted by molar-refractivity contribution is -0.121. The normalized spacial score (nSPS) is 16.5. The lowest BCUT2D eigenvalue weighted by atomic mass is 10.1. The highest BCUT2D eigenvalue weighted by Gasteiger charge is 2.25. The van der Waals surface area contributed by atoms with Gasteiger partial charge in [0, 0.05) is 16.7 Å². The van der Waals surface area contributed by atoms with Gasteiger partial charge in [-0.2, -0.15) is 0 Å². The Kier molecular flexibility index (Phi) is 5.52. The topological polar surface area (TPSA) is 66.8 Å². The molecule has 0 radical (unpaired) electrons. The highest BCUT2D eigenvalue weighted by Crippen LogP contribution is 2.37. The minimum absolute atomic E-state index is 0.0678. The van der Waals surface area contributed by atoms with E-state index in [2.05, 4.69) is 6.92 Å². The molecule has 0 saturated heterocycles. The number of fused-ring (bicyclic) bond motifs is 1. The molecule has 1 amide bonds. The SMILES string of the molecule is Cc1cccc(C(=O)OCC(=O)N2CC[C@@H](C)Sc3ccccc32)c1O. The van der Waals surface area contributed by atoms with E-state index in [9.17, 15) is 14.7 Å². The van der Waals surface area contributed by atoms with Crippen LogP contribution in [0.4, 0.5) is 5.69 Å².